The number of nitrogens with zero attached hydrogens (tertiary/aromatic N) is 2. The zero-order valence-corrected chi connectivity index (χ0v) is 15.0. The molecule has 2 amide bonds. The second kappa shape index (κ2) is 8.33. The van der Waals surface area contributed by atoms with Gasteiger partial charge in [-0.15, -0.1) is 0 Å². The topological polar surface area (TPSA) is 77.5 Å². The van der Waals surface area contributed by atoms with E-state index in [1.807, 2.05) is 39.0 Å². The Balaban J connectivity index is 1.73. The van der Waals surface area contributed by atoms with Crippen LogP contribution in [0.25, 0.3) is 0 Å². The molecular weight excluding hydrogens is 304 g/mol. The van der Waals surface area contributed by atoms with Crippen molar-refractivity contribution < 1.29 is 9.90 Å². The quantitative estimate of drug-likeness (QED) is 0.744. The van der Waals surface area contributed by atoms with Gasteiger partial charge in [0.2, 0.25) is 0 Å². The van der Waals surface area contributed by atoms with Crippen LogP contribution in [0, 0.1) is 12.3 Å². The van der Waals surface area contributed by atoms with Crippen molar-refractivity contribution in [2.45, 2.75) is 46.1 Å². The number of amides is 2. The first-order chi connectivity index (χ1) is 11.4. The largest absolute Gasteiger partial charge is 0.396 e. The van der Waals surface area contributed by atoms with Gasteiger partial charge in [-0.2, -0.15) is 0 Å². The van der Waals surface area contributed by atoms with Gasteiger partial charge in [0.1, 0.15) is 5.82 Å². The number of nitrogens with one attached hydrogen (secondary N) is 2. The number of hydrogen-bond donors (Lipinski definition) is 3. The first kappa shape index (κ1) is 18.5. The number of rotatable bonds is 6. The minimum atomic E-state index is -0.117. The van der Waals surface area contributed by atoms with E-state index in [1.54, 1.807) is 0 Å². The molecule has 3 N–H and O–H groups in total. The fraction of sp³-hybridized carbons (Fsp3) is 0.667. The standard InChI is InChI=1S/C18H30N4O2/c1-14-5-4-6-16(20-14)22-10-7-15(8-11-22)21-17(24)19-13-18(2,3)9-12-23/h4-6,15,23H,7-13H2,1-3H3,(H2,19,21,24). The van der Waals surface area contributed by atoms with E-state index in [2.05, 4.69) is 20.5 Å². The number of aryl methyl sites for hydroxylation is 1. The Morgan fingerprint density at radius 2 is 2.08 bits per heavy atom. The SMILES string of the molecule is Cc1cccc(N2CCC(NC(=O)NCC(C)(C)CCO)CC2)n1. The highest BCUT2D eigenvalue weighted by atomic mass is 16.3. The zero-order valence-electron chi connectivity index (χ0n) is 15.0. The minimum Gasteiger partial charge on any atom is -0.396 e. The fourth-order valence-corrected chi connectivity index (χ4v) is 2.90. The summed E-state index contributed by atoms with van der Waals surface area (Å²) in [6.45, 7) is 8.58. The molecule has 0 saturated carbocycles. The van der Waals surface area contributed by atoms with Crippen LogP contribution in [0.15, 0.2) is 18.2 Å². The van der Waals surface area contributed by atoms with Crippen LogP contribution in [-0.2, 0) is 0 Å². The molecule has 6 nitrogen and oxygen atoms in total. The molecule has 0 spiro atoms. The highest BCUT2D eigenvalue weighted by molar-refractivity contribution is 5.74. The van der Waals surface area contributed by atoms with E-state index in [9.17, 15) is 4.79 Å². The van der Waals surface area contributed by atoms with Gasteiger partial charge in [0.05, 0.1) is 0 Å². The maximum atomic E-state index is 12.0. The molecule has 2 rings (SSSR count). The lowest BCUT2D eigenvalue weighted by molar-refractivity contribution is 0.199. The second-order valence-corrected chi connectivity index (χ2v) is 7.36. The number of urea groups is 1. The number of piperidine rings is 1. The third kappa shape index (κ3) is 5.67. The van der Waals surface area contributed by atoms with Crippen molar-refractivity contribution in [3.8, 4) is 0 Å². The third-order valence-electron chi connectivity index (χ3n) is 4.54. The van der Waals surface area contributed by atoms with Gasteiger partial charge in [-0.3, -0.25) is 0 Å². The molecule has 1 aromatic rings. The van der Waals surface area contributed by atoms with E-state index in [4.69, 9.17) is 5.11 Å². The summed E-state index contributed by atoms with van der Waals surface area (Å²) in [5.74, 6) is 1.02. The molecule has 1 fully saturated rings. The summed E-state index contributed by atoms with van der Waals surface area (Å²) in [5.41, 5.74) is 0.935. The van der Waals surface area contributed by atoms with Gasteiger partial charge in [0.15, 0.2) is 0 Å². The first-order valence-electron chi connectivity index (χ1n) is 8.73. The highest BCUT2D eigenvalue weighted by Gasteiger charge is 2.23. The normalized spacial score (nSPS) is 16.1. The first-order valence-corrected chi connectivity index (χ1v) is 8.73. The Bertz CT molecular complexity index is 540. The number of carbonyl (C=O) groups is 1. The molecule has 0 aliphatic carbocycles. The predicted molar refractivity (Wildman–Crippen MR) is 96.2 cm³/mol. The molecule has 1 aliphatic rings. The molecular formula is C18H30N4O2. The lowest BCUT2D eigenvalue weighted by Gasteiger charge is -2.33. The summed E-state index contributed by atoms with van der Waals surface area (Å²) in [5, 5.41) is 15.0. The van der Waals surface area contributed by atoms with Gasteiger partial charge < -0.3 is 20.6 Å². The van der Waals surface area contributed by atoms with Crippen molar-refractivity contribution >= 4 is 11.8 Å². The van der Waals surface area contributed by atoms with Gasteiger partial charge >= 0.3 is 6.03 Å². The Kier molecular flexibility index (Phi) is 6.43. The van der Waals surface area contributed by atoms with Crippen LogP contribution in [0.5, 0.6) is 0 Å². The molecule has 2 heterocycles. The lowest BCUT2D eigenvalue weighted by atomic mass is 9.90. The van der Waals surface area contributed by atoms with E-state index in [-0.39, 0.29) is 24.1 Å². The van der Waals surface area contributed by atoms with Crippen molar-refractivity contribution in [3.63, 3.8) is 0 Å². The molecule has 134 valence electrons. The summed E-state index contributed by atoms with van der Waals surface area (Å²) < 4.78 is 0. The average molecular weight is 334 g/mol. The van der Waals surface area contributed by atoms with Crippen molar-refractivity contribution in [3.05, 3.63) is 23.9 Å². The number of carbonyl (C=O) groups excluding carboxylic acids is 1. The van der Waals surface area contributed by atoms with E-state index in [0.29, 0.717) is 13.0 Å². The second-order valence-electron chi connectivity index (χ2n) is 7.36. The van der Waals surface area contributed by atoms with Gasteiger partial charge in [-0.25, -0.2) is 9.78 Å². The Hall–Kier alpha value is -1.82. The number of hydrogen-bond acceptors (Lipinski definition) is 4. The molecule has 0 atom stereocenters. The van der Waals surface area contributed by atoms with Crippen LogP contribution in [0.3, 0.4) is 0 Å². The Labute approximate surface area is 144 Å². The number of aliphatic hydroxyl groups is 1. The lowest BCUT2D eigenvalue weighted by Crippen LogP contribution is -2.49. The minimum absolute atomic E-state index is 0.0910. The molecule has 6 heteroatoms. The summed E-state index contributed by atoms with van der Waals surface area (Å²) in [7, 11) is 0. The Morgan fingerprint density at radius 1 is 1.38 bits per heavy atom. The molecule has 0 bridgehead atoms. The van der Waals surface area contributed by atoms with Crippen LogP contribution in [0.4, 0.5) is 10.6 Å². The summed E-state index contributed by atoms with van der Waals surface area (Å²) >= 11 is 0. The molecule has 1 aromatic heterocycles. The Morgan fingerprint density at radius 3 is 2.71 bits per heavy atom. The maximum absolute atomic E-state index is 12.0. The number of aromatic nitrogens is 1. The van der Waals surface area contributed by atoms with Crippen molar-refractivity contribution in [2.24, 2.45) is 5.41 Å². The molecule has 0 aromatic carbocycles. The van der Waals surface area contributed by atoms with E-state index >= 15 is 0 Å². The molecule has 0 radical (unpaired) electrons. The van der Waals surface area contributed by atoms with Crippen LogP contribution in [-0.4, -0.2) is 48.4 Å². The van der Waals surface area contributed by atoms with E-state index < -0.39 is 0 Å². The molecule has 1 saturated heterocycles. The van der Waals surface area contributed by atoms with Crippen molar-refractivity contribution in [1.29, 1.82) is 0 Å². The van der Waals surface area contributed by atoms with Crippen LogP contribution >= 0.6 is 0 Å². The van der Waals surface area contributed by atoms with Gasteiger partial charge in [-0.1, -0.05) is 19.9 Å². The number of pyridine rings is 1. The molecule has 1 aliphatic heterocycles. The number of anilines is 1. The predicted octanol–water partition coefficient (Wildman–Crippen LogP) is 2.07. The average Bonchev–Trinajstić information content (AvgIpc) is 2.54. The zero-order chi connectivity index (χ0) is 17.6. The number of aliphatic hydroxyl groups excluding tert-OH is 1. The van der Waals surface area contributed by atoms with Gasteiger partial charge in [-0.05, 0) is 43.7 Å². The van der Waals surface area contributed by atoms with Crippen molar-refractivity contribution in [1.82, 2.24) is 15.6 Å². The fourth-order valence-electron chi connectivity index (χ4n) is 2.90. The van der Waals surface area contributed by atoms with Crippen LogP contribution in [0.2, 0.25) is 0 Å². The van der Waals surface area contributed by atoms with Gasteiger partial charge in [0, 0.05) is 38.0 Å². The summed E-state index contributed by atoms with van der Waals surface area (Å²) in [6.07, 6.45) is 2.52. The third-order valence-corrected chi connectivity index (χ3v) is 4.54. The summed E-state index contributed by atoms with van der Waals surface area (Å²) in [6, 6.07) is 6.15. The molecule has 0 unspecified atom stereocenters. The van der Waals surface area contributed by atoms with Crippen molar-refractivity contribution in [2.75, 3.05) is 31.1 Å². The van der Waals surface area contributed by atoms with Crippen LogP contribution in [0.1, 0.15) is 38.8 Å². The summed E-state index contributed by atoms with van der Waals surface area (Å²) in [4.78, 5) is 18.9. The monoisotopic (exact) mass is 334 g/mol. The maximum Gasteiger partial charge on any atom is 0.315 e. The smallest absolute Gasteiger partial charge is 0.315 e. The van der Waals surface area contributed by atoms with Gasteiger partial charge in [0.25, 0.3) is 0 Å². The highest BCUT2D eigenvalue weighted by Crippen LogP contribution is 2.19. The molecule has 24 heavy (non-hydrogen) atoms. The van der Waals surface area contributed by atoms with E-state index in [1.165, 1.54) is 0 Å². The van der Waals surface area contributed by atoms with Crippen LogP contribution < -0.4 is 15.5 Å². The van der Waals surface area contributed by atoms with E-state index in [0.717, 1.165) is 37.4 Å².